The molecule has 0 aliphatic carbocycles. The van der Waals surface area contributed by atoms with Gasteiger partial charge in [-0.05, 0) is 74.2 Å². The summed E-state index contributed by atoms with van der Waals surface area (Å²) in [5, 5.41) is 3.00. The highest BCUT2D eigenvalue weighted by Gasteiger charge is 2.31. The highest BCUT2D eigenvalue weighted by Crippen LogP contribution is 2.20. The van der Waals surface area contributed by atoms with Crippen LogP contribution < -0.4 is 10.1 Å². The minimum Gasteiger partial charge on any atom is -0.484 e. The van der Waals surface area contributed by atoms with Crippen molar-refractivity contribution in [1.29, 1.82) is 0 Å². The first-order valence-electron chi connectivity index (χ1n) is 11.8. The van der Waals surface area contributed by atoms with E-state index in [0.29, 0.717) is 12.2 Å². The number of aryl methyl sites for hydroxylation is 2. The van der Waals surface area contributed by atoms with Gasteiger partial charge in [-0.2, -0.15) is 0 Å². The molecule has 0 radical (unpaired) electrons. The van der Waals surface area contributed by atoms with Gasteiger partial charge in [0.2, 0.25) is 5.91 Å². The second-order valence-corrected chi connectivity index (χ2v) is 10.0. The Morgan fingerprint density at radius 1 is 0.914 bits per heavy atom. The summed E-state index contributed by atoms with van der Waals surface area (Å²) in [7, 11) is 0. The van der Waals surface area contributed by atoms with Crippen LogP contribution in [-0.4, -0.2) is 35.4 Å². The number of rotatable bonds is 10. The minimum atomic E-state index is -0.686. The number of nitrogens with one attached hydrogen (secondary N) is 1. The highest BCUT2D eigenvalue weighted by molar-refractivity contribution is 9.10. The van der Waals surface area contributed by atoms with Gasteiger partial charge in [0.1, 0.15) is 11.8 Å². The van der Waals surface area contributed by atoms with Gasteiger partial charge < -0.3 is 15.0 Å². The molecule has 3 rings (SSSR count). The molecular formula is C29H33BrN2O3. The van der Waals surface area contributed by atoms with Crippen LogP contribution in [0.15, 0.2) is 77.3 Å². The van der Waals surface area contributed by atoms with E-state index >= 15 is 0 Å². The first-order chi connectivity index (χ1) is 16.7. The molecule has 184 valence electrons. The van der Waals surface area contributed by atoms with Crippen molar-refractivity contribution in [2.45, 2.75) is 52.7 Å². The zero-order chi connectivity index (χ0) is 25.4. The van der Waals surface area contributed by atoms with Crippen LogP contribution in [0.1, 0.15) is 36.1 Å². The number of nitrogens with zero attached hydrogens (tertiary/aromatic N) is 1. The normalized spacial score (nSPS) is 11.7. The Kier molecular flexibility index (Phi) is 9.49. The fourth-order valence-corrected chi connectivity index (χ4v) is 4.46. The van der Waals surface area contributed by atoms with Gasteiger partial charge in [0, 0.05) is 23.5 Å². The fraction of sp³-hybridized carbons (Fsp3) is 0.310. The Morgan fingerprint density at radius 3 is 2.20 bits per heavy atom. The maximum atomic E-state index is 13.6. The number of hydrogen-bond acceptors (Lipinski definition) is 3. The molecule has 0 spiro atoms. The molecule has 0 unspecified atom stereocenters. The number of amides is 2. The van der Waals surface area contributed by atoms with Gasteiger partial charge in [0.15, 0.2) is 6.61 Å². The zero-order valence-electron chi connectivity index (χ0n) is 20.8. The third kappa shape index (κ3) is 8.25. The van der Waals surface area contributed by atoms with Crippen molar-refractivity contribution in [1.82, 2.24) is 10.2 Å². The minimum absolute atomic E-state index is 0.0462. The van der Waals surface area contributed by atoms with Crippen LogP contribution in [0.5, 0.6) is 5.75 Å². The second-order valence-electron chi connectivity index (χ2n) is 9.13. The summed E-state index contributed by atoms with van der Waals surface area (Å²) in [6, 6.07) is 22.7. The van der Waals surface area contributed by atoms with Gasteiger partial charge in [-0.1, -0.05) is 64.5 Å². The Labute approximate surface area is 216 Å². The zero-order valence-corrected chi connectivity index (χ0v) is 22.3. The summed E-state index contributed by atoms with van der Waals surface area (Å²) in [5.41, 5.74) is 4.04. The molecule has 0 fully saturated rings. The molecular weight excluding hydrogens is 504 g/mol. The van der Waals surface area contributed by atoms with Gasteiger partial charge in [-0.25, -0.2) is 0 Å². The Hall–Kier alpha value is -3.12. The maximum Gasteiger partial charge on any atom is 0.261 e. The van der Waals surface area contributed by atoms with Crippen molar-refractivity contribution in [3.63, 3.8) is 0 Å². The monoisotopic (exact) mass is 536 g/mol. The molecule has 1 atom stereocenters. The number of carbonyl (C=O) groups excluding carboxylic acids is 2. The quantitative estimate of drug-likeness (QED) is 0.366. The first-order valence-corrected chi connectivity index (χ1v) is 12.6. The fourth-order valence-electron chi connectivity index (χ4n) is 4.01. The van der Waals surface area contributed by atoms with Crippen LogP contribution in [0.2, 0.25) is 0 Å². The summed E-state index contributed by atoms with van der Waals surface area (Å²) >= 11 is 3.51. The molecule has 3 aromatic rings. The van der Waals surface area contributed by atoms with E-state index in [1.165, 1.54) is 0 Å². The summed E-state index contributed by atoms with van der Waals surface area (Å²) in [6.45, 7) is 7.96. The first kappa shape index (κ1) is 26.5. The molecule has 1 N–H and O–H groups in total. The maximum absolute atomic E-state index is 13.6. The highest BCUT2D eigenvalue weighted by atomic mass is 79.9. The molecule has 0 bridgehead atoms. The van der Waals surface area contributed by atoms with Crippen molar-refractivity contribution in [2.24, 2.45) is 0 Å². The average molecular weight is 537 g/mol. The molecule has 0 saturated heterocycles. The van der Waals surface area contributed by atoms with Crippen LogP contribution in [0.25, 0.3) is 0 Å². The second kappa shape index (κ2) is 12.5. The molecule has 0 aliphatic heterocycles. The van der Waals surface area contributed by atoms with Crippen LogP contribution in [-0.2, 0) is 22.6 Å². The molecule has 5 nitrogen and oxygen atoms in total. The Morgan fingerprint density at radius 2 is 1.57 bits per heavy atom. The van der Waals surface area contributed by atoms with Crippen LogP contribution in [0.3, 0.4) is 0 Å². The summed E-state index contributed by atoms with van der Waals surface area (Å²) in [4.78, 5) is 28.6. The van der Waals surface area contributed by atoms with Crippen LogP contribution in [0, 0.1) is 13.8 Å². The number of hydrogen-bond donors (Lipinski definition) is 1. The van der Waals surface area contributed by atoms with Gasteiger partial charge in [-0.3, -0.25) is 9.59 Å². The van der Waals surface area contributed by atoms with E-state index in [-0.39, 0.29) is 31.0 Å². The van der Waals surface area contributed by atoms with Crippen LogP contribution >= 0.6 is 15.9 Å². The molecule has 0 aliphatic rings. The van der Waals surface area contributed by atoms with E-state index in [1.807, 2.05) is 94.4 Å². The van der Waals surface area contributed by atoms with Gasteiger partial charge in [-0.15, -0.1) is 0 Å². The average Bonchev–Trinajstić information content (AvgIpc) is 2.79. The number of benzene rings is 3. The smallest absolute Gasteiger partial charge is 0.261 e. The van der Waals surface area contributed by atoms with E-state index < -0.39 is 6.04 Å². The van der Waals surface area contributed by atoms with Gasteiger partial charge >= 0.3 is 0 Å². The van der Waals surface area contributed by atoms with E-state index in [9.17, 15) is 9.59 Å². The molecule has 0 saturated carbocycles. The van der Waals surface area contributed by atoms with Crippen molar-refractivity contribution in [3.05, 3.63) is 99.5 Å². The van der Waals surface area contributed by atoms with Crippen molar-refractivity contribution in [3.8, 4) is 5.75 Å². The lowest BCUT2D eigenvalue weighted by Gasteiger charge is -2.32. The SMILES string of the molecule is Cc1cc(C)cc(OCC(=O)N(Cc2cccc(Br)c2)[C@@H](Cc2ccccc2)C(=O)NC(C)C)c1. The third-order valence-electron chi connectivity index (χ3n) is 5.50. The summed E-state index contributed by atoms with van der Waals surface area (Å²) in [5.74, 6) is 0.215. The molecule has 2 amide bonds. The van der Waals surface area contributed by atoms with E-state index in [0.717, 1.165) is 26.7 Å². The van der Waals surface area contributed by atoms with Crippen molar-refractivity contribution < 1.29 is 14.3 Å². The van der Waals surface area contributed by atoms with Crippen LogP contribution in [0.4, 0.5) is 0 Å². The van der Waals surface area contributed by atoms with Crippen molar-refractivity contribution in [2.75, 3.05) is 6.61 Å². The third-order valence-corrected chi connectivity index (χ3v) is 5.99. The van der Waals surface area contributed by atoms with Gasteiger partial charge in [0.05, 0.1) is 0 Å². The summed E-state index contributed by atoms with van der Waals surface area (Å²) < 4.78 is 6.82. The van der Waals surface area contributed by atoms with E-state index in [1.54, 1.807) is 4.90 Å². The predicted molar refractivity (Wildman–Crippen MR) is 143 cm³/mol. The molecule has 0 heterocycles. The topological polar surface area (TPSA) is 58.6 Å². The van der Waals surface area contributed by atoms with E-state index in [4.69, 9.17) is 4.74 Å². The molecule has 6 heteroatoms. The van der Waals surface area contributed by atoms with Gasteiger partial charge in [0.25, 0.3) is 5.91 Å². The molecule has 0 aromatic heterocycles. The lowest BCUT2D eigenvalue weighted by molar-refractivity contribution is -0.143. The predicted octanol–water partition coefficient (Wildman–Crippen LogP) is 5.61. The number of halogens is 1. The largest absolute Gasteiger partial charge is 0.484 e. The lowest BCUT2D eigenvalue weighted by atomic mass is 10.0. The molecule has 35 heavy (non-hydrogen) atoms. The number of carbonyl (C=O) groups is 2. The summed E-state index contributed by atoms with van der Waals surface area (Å²) in [6.07, 6.45) is 0.405. The standard InChI is InChI=1S/C29H33BrN2O3/c1-20(2)31-29(34)27(17-23-9-6-5-7-10-23)32(18-24-11-8-12-25(30)16-24)28(33)19-35-26-14-21(3)13-22(4)15-26/h5-16,20,27H,17-19H2,1-4H3,(H,31,34)/t27-/m0/s1. The van der Waals surface area contributed by atoms with E-state index in [2.05, 4.69) is 27.3 Å². The van der Waals surface area contributed by atoms with Crippen molar-refractivity contribution >= 4 is 27.7 Å². The number of ether oxygens (including phenoxy) is 1. The Bertz CT molecular complexity index is 1130. The Balaban J connectivity index is 1.92. The molecule has 3 aromatic carbocycles. The lowest BCUT2D eigenvalue weighted by Crippen LogP contribution is -2.52.